The normalized spacial score (nSPS) is 19.3. The summed E-state index contributed by atoms with van der Waals surface area (Å²) in [5.41, 5.74) is 1.70. The third-order valence-electron chi connectivity index (χ3n) is 4.75. The van der Waals surface area contributed by atoms with Gasteiger partial charge in [-0.05, 0) is 36.0 Å². The van der Waals surface area contributed by atoms with Crippen molar-refractivity contribution in [1.29, 1.82) is 0 Å². The predicted molar refractivity (Wildman–Crippen MR) is 86.2 cm³/mol. The highest BCUT2D eigenvalue weighted by Crippen LogP contribution is 2.36. The summed E-state index contributed by atoms with van der Waals surface area (Å²) in [5, 5.41) is 3.75. The molecule has 1 fully saturated rings. The number of rotatable bonds is 5. The van der Waals surface area contributed by atoms with Gasteiger partial charge in [0.2, 0.25) is 0 Å². The van der Waals surface area contributed by atoms with E-state index in [9.17, 15) is 0 Å². The van der Waals surface area contributed by atoms with Crippen molar-refractivity contribution in [3.8, 4) is 0 Å². The van der Waals surface area contributed by atoms with Gasteiger partial charge in [-0.1, -0.05) is 56.5 Å². The molecule has 1 aromatic carbocycles. The van der Waals surface area contributed by atoms with Gasteiger partial charge in [-0.2, -0.15) is 0 Å². The van der Waals surface area contributed by atoms with Gasteiger partial charge < -0.3 is 9.73 Å². The summed E-state index contributed by atoms with van der Waals surface area (Å²) >= 11 is 0. The van der Waals surface area contributed by atoms with E-state index < -0.39 is 0 Å². The maximum Gasteiger partial charge on any atom is 0.125 e. The van der Waals surface area contributed by atoms with Crippen molar-refractivity contribution in [2.24, 2.45) is 5.41 Å². The van der Waals surface area contributed by atoms with Gasteiger partial charge in [0.15, 0.2) is 0 Å². The minimum atomic E-state index is 0.153. The summed E-state index contributed by atoms with van der Waals surface area (Å²) in [4.78, 5) is 0. The van der Waals surface area contributed by atoms with Gasteiger partial charge in [0.25, 0.3) is 0 Å². The van der Waals surface area contributed by atoms with E-state index in [1.54, 1.807) is 6.26 Å². The maximum atomic E-state index is 5.66. The SMILES string of the molecule is CC1(CNC(c2ccccc2)c2ccco2)CCCCC1. The Morgan fingerprint density at radius 2 is 1.81 bits per heavy atom. The van der Waals surface area contributed by atoms with Crippen molar-refractivity contribution in [2.75, 3.05) is 6.54 Å². The molecule has 0 amide bonds. The zero-order valence-corrected chi connectivity index (χ0v) is 12.8. The zero-order valence-electron chi connectivity index (χ0n) is 12.8. The smallest absolute Gasteiger partial charge is 0.125 e. The quantitative estimate of drug-likeness (QED) is 0.841. The van der Waals surface area contributed by atoms with Gasteiger partial charge in [-0.15, -0.1) is 0 Å². The lowest BCUT2D eigenvalue weighted by molar-refractivity contribution is 0.201. The van der Waals surface area contributed by atoms with E-state index in [4.69, 9.17) is 4.42 Å². The minimum Gasteiger partial charge on any atom is -0.467 e. The zero-order chi connectivity index (χ0) is 14.5. The van der Waals surface area contributed by atoms with Gasteiger partial charge >= 0.3 is 0 Å². The molecule has 0 radical (unpaired) electrons. The average molecular weight is 283 g/mol. The van der Waals surface area contributed by atoms with Crippen LogP contribution in [0.5, 0.6) is 0 Å². The van der Waals surface area contributed by atoms with Crippen molar-refractivity contribution in [3.63, 3.8) is 0 Å². The maximum absolute atomic E-state index is 5.66. The monoisotopic (exact) mass is 283 g/mol. The molecule has 2 heteroatoms. The van der Waals surface area contributed by atoms with Crippen LogP contribution >= 0.6 is 0 Å². The number of furan rings is 1. The van der Waals surface area contributed by atoms with E-state index in [-0.39, 0.29) is 6.04 Å². The van der Waals surface area contributed by atoms with Crippen LogP contribution in [0, 0.1) is 5.41 Å². The Hall–Kier alpha value is -1.54. The molecule has 1 atom stereocenters. The first kappa shape index (κ1) is 14.4. The van der Waals surface area contributed by atoms with Crippen molar-refractivity contribution < 1.29 is 4.42 Å². The Morgan fingerprint density at radius 3 is 2.48 bits per heavy atom. The molecule has 1 N–H and O–H groups in total. The van der Waals surface area contributed by atoms with Gasteiger partial charge in [0.1, 0.15) is 5.76 Å². The topological polar surface area (TPSA) is 25.2 Å². The number of benzene rings is 1. The van der Waals surface area contributed by atoms with Crippen LogP contribution in [0.3, 0.4) is 0 Å². The third kappa shape index (κ3) is 3.56. The molecule has 21 heavy (non-hydrogen) atoms. The van der Waals surface area contributed by atoms with Crippen LogP contribution in [0.4, 0.5) is 0 Å². The lowest BCUT2D eigenvalue weighted by Gasteiger charge is -2.35. The molecule has 0 saturated heterocycles. The van der Waals surface area contributed by atoms with Crippen LogP contribution < -0.4 is 5.32 Å². The fourth-order valence-electron chi connectivity index (χ4n) is 3.41. The Morgan fingerprint density at radius 1 is 1.05 bits per heavy atom. The van der Waals surface area contributed by atoms with Crippen molar-refractivity contribution in [2.45, 2.75) is 45.1 Å². The van der Waals surface area contributed by atoms with E-state index in [2.05, 4.69) is 48.6 Å². The first-order valence-corrected chi connectivity index (χ1v) is 8.09. The second-order valence-corrected chi connectivity index (χ2v) is 6.61. The van der Waals surface area contributed by atoms with Gasteiger partial charge in [0.05, 0.1) is 12.3 Å². The Bertz CT molecular complexity index is 526. The molecular weight excluding hydrogens is 258 g/mol. The fraction of sp³-hybridized carbons (Fsp3) is 0.474. The summed E-state index contributed by atoms with van der Waals surface area (Å²) < 4.78 is 5.66. The van der Waals surface area contributed by atoms with Crippen LogP contribution in [-0.2, 0) is 0 Å². The van der Waals surface area contributed by atoms with Crippen LogP contribution in [0.15, 0.2) is 53.1 Å². The highest BCUT2D eigenvalue weighted by Gasteiger charge is 2.28. The predicted octanol–water partition coefficient (Wildman–Crippen LogP) is 4.93. The third-order valence-corrected chi connectivity index (χ3v) is 4.75. The number of hydrogen-bond donors (Lipinski definition) is 1. The summed E-state index contributed by atoms with van der Waals surface area (Å²) in [6.45, 7) is 3.47. The van der Waals surface area contributed by atoms with Gasteiger partial charge in [-0.25, -0.2) is 0 Å². The molecule has 1 unspecified atom stereocenters. The average Bonchev–Trinajstić information content (AvgIpc) is 3.03. The Labute approximate surface area is 127 Å². The molecule has 0 bridgehead atoms. The molecule has 112 valence electrons. The van der Waals surface area contributed by atoms with Crippen molar-refractivity contribution in [3.05, 3.63) is 60.1 Å². The molecule has 1 saturated carbocycles. The van der Waals surface area contributed by atoms with Gasteiger partial charge in [-0.3, -0.25) is 0 Å². The minimum absolute atomic E-state index is 0.153. The molecule has 0 spiro atoms. The van der Waals surface area contributed by atoms with E-state index in [0.29, 0.717) is 5.41 Å². The molecule has 2 aromatic rings. The summed E-state index contributed by atoms with van der Waals surface area (Å²) in [6.07, 6.45) is 8.56. The summed E-state index contributed by atoms with van der Waals surface area (Å²) in [7, 11) is 0. The van der Waals surface area contributed by atoms with Crippen LogP contribution in [-0.4, -0.2) is 6.54 Å². The van der Waals surface area contributed by atoms with Crippen LogP contribution in [0.1, 0.15) is 56.4 Å². The van der Waals surface area contributed by atoms with Crippen LogP contribution in [0.25, 0.3) is 0 Å². The van der Waals surface area contributed by atoms with Gasteiger partial charge in [0, 0.05) is 6.54 Å². The first-order valence-electron chi connectivity index (χ1n) is 8.09. The van der Waals surface area contributed by atoms with E-state index in [1.807, 2.05) is 6.07 Å². The molecular formula is C19H25NO. The summed E-state index contributed by atoms with van der Waals surface area (Å²) in [5.74, 6) is 1.00. The molecule has 2 nitrogen and oxygen atoms in total. The standard InChI is InChI=1S/C19H25NO/c1-19(12-6-3-7-13-19)15-20-18(17-11-8-14-21-17)16-9-4-2-5-10-16/h2,4-5,8-11,14,18,20H,3,6-7,12-13,15H2,1H3. The largest absolute Gasteiger partial charge is 0.467 e. The first-order chi connectivity index (χ1) is 10.3. The highest BCUT2D eigenvalue weighted by molar-refractivity contribution is 5.26. The molecule has 0 aliphatic heterocycles. The van der Waals surface area contributed by atoms with E-state index in [1.165, 1.54) is 37.7 Å². The fourth-order valence-corrected chi connectivity index (χ4v) is 3.41. The number of nitrogens with one attached hydrogen (secondary N) is 1. The molecule has 1 aromatic heterocycles. The molecule has 1 heterocycles. The second-order valence-electron chi connectivity index (χ2n) is 6.61. The lowest BCUT2D eigenvalue weighted by Crippen LogP contribution is -2.36. The summed E-state index contributed by atoms with van der Waals surface area (Å²) in [6, 6.07) is 14.8. The highest BCUT2D eigenvalue weighted by atomic mass is 16.3. The molecule has 3 rings (SSSR count). The number of hydrogen-bond acceptors (Lipinski definition) is 2. The van der Waals surface area contributed by atoms with Crippen molar-refractivity contribution >= 4 is 0 Å². The molecule has 1 aliphatic carbocycles. The second kappa shape index (κ2) is 6.48. The van der Waals surface area contributed by atoms with E-state index >= 15 is 0 Å². The lowest BCUT2D eigenvalue weighted by atomic mass is 9.75. The Kier molecular flexibility index (Phi) is 4.45. The molecule has 1 aliphatic rings. The Balaban J connectivity index is 1.74. The van der Waals surface area contributed by atoms with Crippen molar-refractivity contribution in [1.82, 2.24) is 5.32 Å². The van der Waals surface area contributed by atoms with Crippen LogP contribution in [0.2, 0.25) is 0 Å². The van der Waals surface area contributed by atoms with E-state index in [0.717, 1.165) is 12.3 Å².